The zero-order chi connectivity index (χ0) is 32.1. The zero-order valence-electron chi connectivity index (χ0n) is 25.2. The monoisotopic (exact) mass is 648 g/mol. The Bertz CT molecular complexity index is 1740. The largest absolute Gasteiger partial charge is 0.474 e. The van der Waals surface area contributed by atoms with E-state index in [4.69, 9.17) is 19.9 Å². The molecule has 4 N–H and O–H groups in total. The average molecular weight is 649 g/mol. The molecule has 8 rings (SSSR count). The summed E-state index contributed by atoms with van der Waals surface area (Å²) in [6.45, 7) is 5.92. The summed E-state index contributed by atoms with van der Waals surface area (Å²) in [5.41, 5.74) is 0.882. The first-order valence-corrected chi connectivity index (χ1v) is 15.5. The van der Waals surface area contributed by atoms with Gasteiger partial charge in [0, 0.05) is 49.6 Å². The lowest BCUT2D eigenvalue weighted by atomic mass is 10.00. The number of hydrogen-bond acceptors (Lipinski definition) is 11. The van der Waals surface area contributed by atoms with Crippen LogP contribution in [0, 0.1) is 24.0 Å². The van der Waals surface area contributed by atoms with Crippen LogP contribution in [0.2, 0.25) is 0 Å². The number of nitrogen functional groups attached to an aromatic ring is 1. The lowest BCUT2D eigenvalue weighted by Gasteiger charge is -2.30. The molecule has 0 aromatic carbocycles. The molecule has 2 bridgehead atoms. The van der Waals surface area contributed by atoms with E-state index in [-0.39, 0.29) is 53.3 Å². The molecule has 3 aromatic heterocycles. The predicted molar refractivity (Wildman–Crippen MR) is 155 cm³/mol. The van der Waals surface area contributed by atoms with Crippen LogP contribution in [-0.2, 0) is 10.9 Å². The highest BCUT2D eigenvalue weighted by atomic mass is 19.4. The highest BCUT2D eigenvalue weighted by Gasteiger charge is 2.49. The van der Waals surface area contributed by atoms with E-state index in [1.807, 2.05) is 0 Å². The molecule has 1 saturated carbocycles. The van der Waals surface area contributed by atoms with Crippen LogP contribution in [0.4, 0.5) is 33.6 Å². The van der Waals surface area contributed by atoms with Gasteiger partial charge in [-0.1, -0.05) is 0 Å². The molecule has 5 atom stereocenters. The van der Waals surface area contributed by atoms with Crippen LogP contribution in [0.3, 0.4) is 0 Å². The van der Waals surface area contributed by atoms with Crippen molar-refractivity contribution in [1.29, 1.82) is 0 Å². The maximum absolute atomic E-state index is 16.6. The molecule has 0 spiro atoms. The minimum atomic E-state index is -5.10. The van der Waals surface area contributed by atoms with Crippen molar-refractivity contribution in [2.24, 2.45) is 5.41 Å². The van der Waals surface area contributed by atoms with Gasteiger partial charge in [-0.3, -0.25) is 4.90 Å². The number of alkyl halides is 3. The van der Waals surface area contributed by atoms with E-state index in [0.29, 0.717) is 19.0 Å². The molecule has 246 valence electrons. The number of hydrogen-bond donors (Lipinski definition) is 3. The molecule has 46 heavy (non-hydrogen) atoms. The SMILES string of the molecule is Cc1nc(N)c(F)c(-c2nc3c4c(nc(OCC5(CN6C[C@@H]7C[C@H]6CO7)CC5)nc4c2F)NCC2NC2C[C@H](C)O3)c1C(F)(F)F. The van der Waals surface area contributed by atoms with E-state index in [0.717, 1.165) is 45.9 Å². The van der Waals surface area contributed by atoms with E-state index < -0.39 is 57.8 Å². The Kier molecular flexibility index (Phi) is 6.75. The van der Waals surface area contributed by atoms with Crippen LogP contribution in [0.1, 0.15) is 43.9 Å². The van der Waals surface area contributed by atoms with Crippen molar-refractivity contribution in [3.63, 3.8) is 0 Å². The van der Waals surface area contributed by atoms with Crippen LogP contribution in [0.15, 0.2) is 0 Å². The molecule has 0 radical (unpaired) electrons. The van der Waals surface area contributed by atoms with Gasteiger partial charge in [-0.15, -0.1) is 0 Å². The average Bonchev–Trinajstić information content (AvgIpc) is 3.84. The third-order valence-corrected chi connectivity index (χ3v) is 9.81. The molecule has 4 aliphatic heterocycles. The van der Waals surface area contributed by atoms with E-state index in [2.05, 4.69) is 35.5 Å². The Labute approximate surface area is 260 Å². The molecule has 11 nitrogen and oxygen atoms in total. The number of halogens is 5. The molecule has 0 amide bonds. The Morgan fingerprint density at radius 3 is 2.59 bits per heavy atom. The maximum Gasteiger partial charge on any atom is 0.418 e. The first-order chi connectivity index (χ1) is 21.9. The molecular weight excluding hydrogens is 615 g/mol. The van der Waals surface area contributed by atoms with Gasteiger partial charge < -0.3 is 30.6 Å². The smallest absolute Gasteiger partial charge is 0.418 e. The first kappa shape index (κ1) is 29.8. The lowest BCUT2D eigenvalue weighted by Crippen LogP contribution is -2.42. The molecular formula is C30H33F5N8O3. The van der Waals surface area contributed by atoms with Gasteiger partial charge >= 0.3 is 12.2 Å². The number of pyridine rings is 2. The lowest BCUT2D eigenvalue weighted by molar-refractivity contribution is -0.138. The van der Waals surface area contributed by atoms with Crippen molar-refractivity contribution < 1.29 is 36.2 Å². The standard InChI is InChI=1S/C30H33F5N8O3/c1-12-5-16-17(39-16)7-37-26-19-24(41-28(42-26)45-11-29(3-4-29)10-43-8-15-6-14(43)9-44-15)22(32)23(40-27(19)46-12)18-20(30(33,34)35)13(2)38-25(36)21(18)31/h12,14-17,39H,3-11H2,1-2H3,(H2,36,38)(H,37,41,42)/t12-,14-,15-,16?,17?/m0/s1. The molecule has 4 fully saturated rings. The first-order valence-electron chi connectivity index (χ1n) is 15.5. The number of nitrogens with two attached hydrogens (primary N) is 1. The number of aryl methyl sites for hydroxylation is 1. The Hall–Kier alpha value is -3.63. The van der Waals surface area contributed by atoms with Gasteiger partial charge in [-0.25, -0.2) is 18.7 Å². The van der Waals surface area contributed by atoms with Crippen LogP contribution in [-0.4, -0.2) is 88.0 Å². The number of nitrogens with zero attached hydrogens (tertiary/aromatic N) is 5. The van der Waals surface area contributed by atoms with Crippen molar-refractivity contribution in [2.45, 2.75) is 76.0 Å². The molecule has 2 unspecified atom stereocenters. The quantitative estimate of drug-likeness (QED) is 0.265. The zero-order valence-corrected chi connectivity index (χ0v) is 25.2. The van der Waals surface area contributed by atoms with Crippen LogP contribution < -0.4 is 25.8 Å². The number of likely N-dealkylation sites (tertiary alicyclic amines) is 1. The fraction of sp³-hybridized carbons (Fsp3) is 0.600. The van der Waals surface area contributed by atoms with Crippen molar-refractivity contribution in [2.75, 3.05) is 43.9 Å². The topological polar surface area (TPSA) is 142 Å². The number of morpholine rings is 1. The molecule has 3 aromatic rings. The van der Waals surface area contributed by atoms with Gasteiger partial charge in [0.2, 0.25) is 5.88 Å². The summed E-state index contributed by atoms with van der Waals surface area (Å²) < 4.78 is 93.0. The second-order valence-corrected chi connectivity index (χ2v) is 13.3. The summed E-state index contributed by atoms with van der Waals surface area (Å²) >= 11 is 0. The Morgan fingerprint density at radius 1 is 1.09 bits per heavy atom. The molecule has 16 heteroatoms. The summed E-state index contributed by atoms with van der Waals surface area (Å²) in [5.74, 6) is -3.75. The van der Waals surface area contributed by atoms with E-state index in [1.165, 1.54) is 0 Å². The van der Waals surface area contributed by atoms with Crippen LogP contribution >= 0.6 is 0 Å². The third kappa shape index (κ3) is 5.14. The summed E-state index contributed by atoms with van der Waals surface area (Å²) in [6, 6.07) is 0.457. The Morgan fingerprint density at radius 2 is 1.89 bits per heavy atom. The van der Waals surface area contributed by atoms with E-state index in [9.17, 15) is 13.2 Å². The normalized spacial score (nSPS) is 28.0. The molecule has 3 saturated heterocycles. The van der Waals surface area contributed by atoms with Crippen molar-refractivity contribution in [3.8, 4) is 23.1 Å². The fourth-order valence-corrected chi connectivity index (χ4v) is 7.14. The second-order valence-electron chi connectivity index (χ2n) is 13.3. The highest BCUT2D eigenvalue weighted by molar-refractivity contribution is 5.96. The number of rotatable bonds is 6. The van der Waals surface area contributed by atoms with Crippen LogP contribution in [0.5, 0.6) is 11.9 Å². The molecule has 1 aliphatic carbocycles. The van der Waals surface area contributed by atoms with Gasteiger partial charge in [-0.05, 0) is 33.1 Å². The van der Waals surface area contributed by atoms with Crippen molar-refractivity contribution in [1.82, 2.24) is 30.2 Å². The molecule has 5 aliphatic rings. The van der Waals surface area contributed by atoms with Gasteiger partial charge in [0.1, 0.15) is 22.4 Å². The Balaban J connectivity index is 1.23. The second kappa shape index (κ2) is 10.4. The summed E-state index contributed by atoms with van der Waals surface area (Å²) in [4.78, 5) is 19.0. The fourth-order valence-electron chi connectivity index (χ4n) is 7.14. The van der Waals surface area contributed by atoms with Crippen molar-refractivity contribution in [3.05, 3.63) is 22.9 Å². The number of ether oxygens (including phenoxy) is 3. The number of anilines is 2. The van der Waals surface area contributed by atoms with Crippen LogP contribution in [0.25, 0.3) is 22.2 Å². The van der Waals surface area contributed by atoms with Crippen molar-refractivity contribution >= 4 is 22.5 Å². The summed E-state index contributed by atoms with van der Waals surface area (Å²) in [7, 11) is 0. The van der Waals surface area contributed by atoms with Gasteiger partial charge in [0.15, 0.2) is 17.5 Å². The minimum Gasteiger partial charge on any atom is -0.474 e. The number of nitrogens with one attached hydrogen (secondary N) is 2. The third-order valence-electron chi connectivity index (χ3n) is 9.81. The van der Waals surface area contributed by atoms with Gasteiger partial charge in [0.05, 0.1) is 42.2 Å². The predicted octanol–water partition coefficient (Wildman–Crippen LogP) is 3.83. The van der Waals surface area contributed by atoms with E-state index in [1.54, 1.807) is 6.92 Å². The van der Waals surface area contributed by atoms with Gasteiger partial charge in [-0.2, -0.15) is 23.1 Å². The number of fused-ring (bicyclic) bond motifs is 3. The maximum atomic E-state index is 16.6. The summed E-state index contributed by atoms with van der Waals surface area (Å²) in [6.07, 6.45) is -1.86. The molecule has 7 heterocycles. The summed E-state index contributed by atoms with van der Waals surface area (Å²) in [5, 5.41) is 6.56. The highest BCUT2D eigenvalue weighted by Crippen LogP contribution is 2.49. The minimum absolute atomic E-state index is 0.0153. The van der Waals surface area contributed by atoms with E-state index >= 15 is 8.78 Å². The van der Waals surface area contributed by atoms with Gasteiger partial charge in [0.25, 0.3) is 0 Å². The number of aromatic nitrogens is 4.